The van der Waals surface area contributed by atoms with Gasteiger partial charge in [-0.2, -0.15) is 0 Å². The number of carbonyl (C=O) groups is 1. The molecule has 0 bridgehead atoms. The number of aliphatic carboxylic acids is 1. The Bertz CT molecular complexity index is 367. The van der Waals surface area contributed by atoms with Crippen LogP contribution < -0.4 is 0 Å². The van der Waals surface area contributed by atoms with Crippen LogP contribution in [-0.2, 0) is 19.0 Å². The van der Waals surface area contributed by atoms with E-state index in [0.29, 0.717) is 0 Å². The summed E-state index contributed by atoms with van der Waals surface area (Å²) in [5.74, 6) is -2.88. The van der Waals surface area contributed by atoms with E-state index in [1.165, 1.54) is 32.5 Å². The lowest BCUT2D eigenvalue weighted by Gasteiger charge is -2.24. The van der Waals surface area contributed by atoms with Crippen molar-refractivity contribution in [2.45, 2.75) is 5.79 Å². The van der Waals surface area contributed by atoms with Crippen LogP contribution in [0.5, 0.6) is 0 Å². The van der Waals surface area contributed by atoms with Crippen LogP contribution >= 0.6 is 0 Å². The average Bonchev–Trinajstić information content (AvgIpc) is 2.94. The fourth-order valence-electron chi connectivity index (χ4n) is 1.30. The highest BCUT2D eigenvalue weighted by Gasteiger charge is 2.39. The molecule has 0 heterocycles. The lowest BCUT2D eigenvalue weighted by Crippen LogP contribution is -2.46. The van der Waals surface area contributed by atoms with Gasteiger partial charge in [-0.1, -0.05) is 18.2 Å². The third-order valence-corrected chi connectivity index (χ3v) is 2.43. The van der Waals surface area contributed by atoms with Gasteiger partial charge in [-0.15, -0.1) is 0 Å². The van der Waals surface area contributed by atoms with Crippen molar-refractivity contribution in [3.63, 3.8) is 0 Å². The van der Waals surface area contributed by atoms with Gasteiger partial charge in [0.2, 0.25) is 0 Å². The van der Waals surface area contributed by atoms with Crippen LogP contribution in [0.3, 0.4) is 0 Å². The maximum Gasteiger partial charge on any atom is 0.367 e. The second-order valence-electron chi connectivity index (χ2n) is 3.48. The Morgan fingerprint density at radius 3 is 1.88 bits per heavy atom. The molecule has 0 atom stereocenters. The summed E-state index contributed by atoms with van der Waals surface area (Å²) in [6.07, 6.45) is 0. The minimum absolute atomic E-state index is 0.144. The Labute approximate surface area is 99.9 Å². The molecule has 0 unspecified atom stereocenters. The van der Waals surface area contributed by atoms with Gasteiger partial charge in [-0.25, -0.2) is 4.79 Å². The third-order valence-electron chi connectivity index (χ3n) is 2.43. The van der Waals surface area contributed by atoms with Gasteiger partial charge in [0.05, 0.1) is 0 Å². The molecular weight excluding hydrogens is 224 g/mol. The normalized spacial score (nSPS) is 11.5. The molecular formula is C12H16O5. The summed E-state index contributed by atoms with van der Waals surface area (Å²) in [7, 11) is 3.86. The fourth-order valence-corrected chi connectivity index (χ4v) is 1.30. The Morgan fingerprint density at radius 2 is 1.76 bits per heavy atom. The van der Waals surface area contributed by atoms with E-state index in [0.717, 1.165) is 0 Å². The molecule has 0 aromatic rings. The number of benzene rings is 1. The van der Waals surface area contributed by atoms with Crippen molar-refractivity contribution >= 4 is 5.97 Å². The molecule has 0 radical (unpaired) electrons. The van der Waals surface area contributed by atoms with Crippen molar-refractivity contribution in [1.82, 2.24) is 0 Å². The Morgan fingerprint density at radius 1 is 1.24 bits per heavy atom. The van der Waals surface area contributed by atoms with E-state index in [1.54, 1.807) is 0 Å². The molecule has 0 saturated heterocycles. The SMILES string of the molecule is COCC(OC)(OC)C(=O)O.c1cc2cc-2c1. The van der Waals surface area contributed by atoms with Gasteiger partial charge in [0, 0.05) is 21.3 Å². The van der Waals surface area contributed by atoms with Crippen LogP contribution in [0.2, 0.25) is 0 Å². The molecule has 0 spiro atoms. The predicted molar refractivity (Wildman–Crippen MR) is 61.7 cm³/mol. The molecule has 0 amide bonds. The van der Waals surface area contributed by atoms with Gasteiger partial charge in [-0.05, 0) is 17.2 Å². The molecule has 0 aromatic carbocycles. The van der Waals surface area contributed by atoms with E-state index in [4.69, 9.17) is 5.11 Å². The monoisotopic (exact) mass is 240 g/mol. The van der Waals surface area contributed by atoms with Gasteiger partial charge in [0.15, 0.2) is 0 Å². The number of fused-ring (bicyclic) bond motifs is 1. The topological polar surface area (TPSA) is 65.0 Å². The third kappa shape index (κ3) is 3.26. The summed E-state index contributed by atoms with van der Waals surface area (Å²) in [6.45, 7) is -0.144. The quantitative estimate of drug-likeness (QED) is 0.800. The molecule has 0 fully saturated rings. The summed E-state index contributed by atoms with van der Waals surface area (Å²) < 4.78 is 13.9. The van der Waals surface area contributed by atoms with E-state index in [2.05, 4.69) is 38.5 Å². The first kappa shape index (κ1) is 13.6. The van der Waals surface area contributed by atoms with Crippen LogP contribution in [0.15, 0.2) is 24.3 Å². The van der Waals surface area contributed by atoms with Crippen LogP contribution in [0, 0.1) is 0 Å². The van der Waals surface area contributed by atoms with E-state index < -0.39 is 11.8 Å². The van der Waals surface area contributed by atoms with Crippen molar-refractivity contribution in [3.05, 3.63) is 24.3 Å². The number of hydrogen-bond donors (Lipinski definition) is 1. The molecule has 5 heteroatoms. The standard InChI is InChI=1S/C6H12O5.C6H4/c1-9-4-6(10-2,11-3)5(7)8;1-2-5-4-6(5)3-1/h4H2,1-3H3,(H,7,8);1-4H. The second-order valence-corrected chi connectivity index (χ2v) is 3.48. The lowest BCUT2D eigenvalue weighted by atomic mass is 10.3. The number of carboxylic acids is 1. The summed E-state index contributed by atoms with van der Waals surface area (Å²) >= 11 is 0. The first-order valence-corrected chi connectivity index (χ1v) is 5.02. The number of methoxy groups -OCH3 is 3. The minimum Gasteiger partial charge on any atom is -0.477 e. The molecule has 2 aliphatic carbocycles. The minimum atomic E-state index is -1.67. The van der Waals surface area contributed by atoms with Gasteiger partial charge in [0.1, 0.15) is 6.61 Å². The largest absolute Gasteiger partial charge is 0.477 e. The van der Waals surface area contributed by atoms with Crippen molar-refractivity contribution in [2.75, 3.05) is 27.9 Å². The first-order chi connectivity index (χ1) is 8.09. The fraction of sp³-hybridized carbons (Fsp3) is 0.417. The van der Waals surface area contributed by atoms with Crippen molar-refractivity contribution < 1.29 is 24.1 Å². The number of hydrogen-bond acceptors (Lipinski definition) is 4. The van der Waals surface area contributed by atoms with Crippen molar-refractivity contribution in [1.29, 1.82) is 0 Å². The van der Waals surface area contributed by atoms with Gasteiger partial charge < -0.3 is 19.3 Å². The van der Waals surface area contributed by atoms with E-state index in [9.17, 15) is 4.79 Å². The zero-order valence-electron chi connectivity index (χ0n) is 10.1. The van der Waals surface area contributed by atoms with E-state index in [1.807, 2.05) is 0 Å². The highest BCUT2D eigenvalue weighted by Crippen LogP contribution is 2.32. The zero-order chi connectivity index (χ0) is 12.9. The molecule has 2 rings (SSSR count). The predicted octanol–water partition coefficient (Wildman–Crippen LogP) is 1.37. The molecule has 94 valence electrons. The van der Waals surface area contributed by atoms with E-state index >= 15 is 0 Å². The van der Waals surface area contributed by atoms with Gasteiger partial charge >= 0.3 is 5.97 Å². The first-order valence-electron chi connectivity index (χ1n) is 5.02. The Kier molecular flexibility index (Phi) is 4.62. The highest BCUT2D eigenvalue weighted by atomic mass is 16.7. The molecule has 0 saturated carbocycles. The number of ether oxygens (including phenoxy) is 3. The van der Waals surface area contributed by atoms with Crippen LogP contribution in [0.1, 0.15) is 0 Å². The highest BCUT2D eigenvalue weighted by molar-refractivity contribution is 5.80. The Hall–Kier alpha value is -1.43. The van der Waals surface area contributed by atoms with Crippen molar-refractivity contribution in [2.24, 2.45) is 0 Å². The summed E-state index contributed by atoms with van der Waals surface area (Å²) in [5.41, 5.74) is 2.85. The van der Waals surface area contributed by atoms with Crippen LogP contribution in [0.25, 0.3) is 11.1 Å². The lowest BCUT2D eigenvalue weighted by molar-refractivity contribution is -0.239. The summed E-state index contributed by atoms with van der Waals surface area (Å²) in [6, 6.07) is 8.48. The summed E-state index contributed by atoms with van der Waals surface area (Å²) in [5, 5.41) is 8.62. The maximum atomic E-state index is 10.5. The average molecular weight is 240 g/mol. The number of rotatable bonds is 5. The molecule has 0 aromatic heterocycles. The Balaban J connectivity index is 0.000000196. The van der Waals surface area contributed by atoms with E-state index in [-0.39, 0.29) is 6.61 Å². The smallest absolute Gasteiger partial charge is 0.367 e. The summed E-state index contributed by atoms with van der Waals surface area (Å²) in [4.78, 5) is 10.5. The molecule has 0 aliphatic heterocycles. The molecule has 2 aliphatic rings. The van der Waals surface area contributed by atoms with Crippen LogP contribution in [-0.4, -0.2) is 44.8 Å². The van der Waals surface area contributed by atoms with Gasteiger partial charge in [0.25, 0.3) is 5.79 Å². The second kappa shape index (κ2) is 5.77. The van der Waals surface area contributed by atoms with Gasteiger partial charge in [-0.3, -0.25) is 0 Å². The zero-order valence-corrected chi connectivity index (χ0v) is 10.1. The molecule has 17 heavy (non-hydrogen) atoms. The maximum absolute atomic E-state index is 10.5. The van der Waals surface area contributed by atoms with Crippen LogP contribution in [0.4, 0.5) is 0 Å². The number of carboxylic acid groups (broad SMARTS) is 1. The van der Waals surface area contributed by atoms with Crippen molar-refractivity contribution in [3.8, 4) is 11.1 Å². The molecule has 1 N–H and O–H groups in total. The molecule has 5 nitrogen and oxygen atoms in total.